The predicted octanol–water partition coefficient (Wildman–Crippen LogP) is -1.70. The maximum atomic E-state index is 11.5. The molecule has 27 heavy (non-hydrogen) atoms. The summed E-state index contributed by atoms with van der Waals surface area (Å²) in [5.41, 5.74) is 0.289. The molecule has 0 radical (unpaired) electrons. The summed E-state index contributed by atoms with van der Waals surface area (Å²) in [5, 5.41) is 18.0. The fourth-order valence-corrected chi connectivity index (χ4v) is 4.24. The van der Waals surface area contributed by atoms with E-state index in [0.717, 1.165) is 4.68 Å². The molecule has 2 aromatic heterocycles. The van der Waals surface area contributed by atoms with Crippen molar-refractivity contribution >= 4 is 26.8 Å². The van der Waals surface area contributed by atoms with Gasteiger partial charge in [0.25, 0.3) is 0 Å². The highest BCUT2D eigenvalue weighted by molar-refractivity contribution is 7.60. The average Bonchev–Trinajstić information content (AvgIpc) is 3.11. The Hall–Kier alpha value is -1.67. The van der Waals surface area contributed by atoms with Gasteiger partial charge in [-0.25, -0.2) is 23.8 Å². The third-order valence-electron chi connectivity index (χ3n) is 3.62. The Labute approximate surface area is 150 Å². The van der Waals surface area contributed by atoms with Gasteiger partial charge in [0.05, 0.1) is 19.0 Å². The normalized spacial score (nSPS) is 25.7. The Morgan fingerprint density at radius 1 is 1.33 bits per heavy atom. The summed E-state index contributed by atoms with van der Waals surface area (Å²) >= 11 is 0. The van der Waals surface area contributed by atoms with E-state index >= 15 is 0 Å². The molecule has 15 nitrogen and oxygen atoms in total. The number of imidazole rings is 1. The number of hydrogen-bond donors (Lipinski definition) is 6. The van der Waals surface area contributed by atoms with Gasteiger partial charge in [0.15, 0.2) is 22.9 Å². The lowest BCUT2D eigenvalue weighted by Gasteiger charge is -2.18. The number of hydrogen-bond acceptors (Lipinski definition) is 10. The molecule has 3 rings (SSSR count). The van der Waals surface area contributed by atoms with Gasteiger partial charge in [0.2, 0.25) is 0 Å². The van der Waals surface area contributed by atoms with Crippen LogP contribution in [0.1, 0.15) is 12.6 Å². The largest absolute Gasteiger partial charge is 0.481 e. The van der Waals surface area contributed by atoms with E-state index in [1.807, 2.05) is 0 Å². The van der Waals surface area contributed by atoms with E-state index in [1.165, 1.54) is 17.2 Å². The number of aromatic nitrogens is 4. The molecule has 0 bridgehead atoms. The number of fused-ring (bicyclic) bond motifs is 1. The second kappa shape index (κ2) is 7.05. The zero-order valence-electron chi connectivity index (χ0n) is 13.4. The Kier molecular flexibility index (Phi) is 5.24. The summed E-state index contributed by atoms with van der Waals surface area (Å²) in [5.74, 6) is 5.78. The maximum absolute atomic E-state index is 11.5. The van der Waals surface area contributed by atoms with Crippen LogP contribution in [0.15, 0.2) is 12.7 Å². The minimum Gasteiger partial charge on any atom is -0.388 e. The fourth-order valence-electron chi connectivity index (χ4n) is 2.62. The van der Waals surface area contributed by atoms with Crippen molar-refractivity contribution in [2.45, 2.75) is 24.9 Å². The number of ether oxygens (including phenoxy) is 1. The summed E-state index contributed by atoms with van der Waals surface area (Å²) < 4.78 is 38.3. The Balaban J connectivity index is 1.74. The van der Waals surface area contributed by atoms with E-state index in [2.05, 4.69) is 18.8 Å². The highest BCUT2D eigenvalue weighted by Gasteiger charge is 2.39. The molecule has 0 amide bonds. The van der Waals surface area contributed by atoms with Gasteiger partial charge in [-0.15, -0.1) is 0 Å². The second-order valence-electron chi connectivity index (χ2n) is 5.61. The topological polar surface area (TPSA) is 228 Å². The number of aliphatic hydroxyl groups is 1. The molecule has 3 heterocycles. The van der Waals surface area contributed by atoms with Crippen LogP contribution in [0, 0.1) is 5.41 Å². The molecule has 1 aliphatic rings. The molecule has 2 aromatic rings. The molecule has 0 aromatic carbocycles. The number of rotatable bonds is 6. The van der Waals surface area contributed by atoms with E-state index in [9.17, 15) is 19.1 Å². The van der Waals surface area contributed by atoms with Gasteiger partial charge in [0.1, 0.15) is 12.4 Å². The number of nitrogen functional groups attached to an aromatic ring is 1. The average molecular weight is 426 g/mol. The fraction of sp³-hybridized carbons (Fsp3) is 0.500. The SMILES string of the molecule is N=c1ncn(N)c2c1ncn2[C@@H]1O[C@H](COP(=O)(O)OP(=O)(O)O)C[C@H]1O. The standard InChI is InChI=1S/C10H16N6O9P2/c11-8-7-9(16(12)4-14-8)15(3-13-7)10-6(17)1-5(24-10)2-23-27(21,22)25-26(18,19)20/h3-6,10-11,17H,1-2,12H2,(H,21,22)(H2,18,19,20)/t5-,6+,10+/m0/s1. The molecule has 0 spiro atoms. The number of phosphoric acid groups is 2. The Morgan fingerprint density at radius 2 is 2.04 bits per heavy atom. The molecule has 0 saturated carbocycles. The number of nitrogens with zero attached hydrogens (tertiary/aromatic N) is 4. The molecule has 1 aliphatic heterocycles. The molecule has 17 heteroatoms. The first kappa shape index (κ1) is 20.1. The molecule has 150 valence electrons. The molecular weight excluding hydrogens is 410 g/mol. The smallest absolute Gasteiger partial charge is 0.388 e. The van der Waals surface area contributed by atoms with E-state index in [1.54, 1.807) is 0 Å². The third kappa shape index (κ3) is 4.43. The van der Waals surface area contributed by atoms with Crippen LogP contribution < -0.4 is 11.3 Å². The molecule has 7 N–H and O–H groups in total. The van der Waals surface area contributed by atoms with Gasteiger partial charge >= 0.3 is 15.6 Å². The second-order valence-corrected chi connectivity index (χ2v) is 8.44. The zero-order chi connectivity index (χ0) is 20.0. The van der Waals surface area contributed by atoms with Gasteiger partial charge in [-0.2, -0.15) is 4.31 Å². The van der Waals surface area contributed by atoms with Crippen molar-refractivity contribution in [1.82, 2.24) is 19.2 Å². The van der Waals surface area contributed by atoms with Crippen LogP contribution in [0.25, 0.3) is 11.2 Å². The first-order chi connectivity index (χ1) is 12.5. The number of nitrogens with one attached hydrogen (secondary N) is 1. The van der Waals surface area contributed by atoms with Crippen LogP contribution in [-0.4, -0.2) is 57.8 Å². The van der Waals surface area contributed by atoms with Gasteiger partial charge in [-0.1, -0.05) is 0 Å². The van der Waals surface area contributed by atoms with Crippen LogP contribution in [0.4, 0.5) is 0 Å². The van der Waals surface area contributed by atoms with Crippen LogP contribution in [0.2, 0.25) is 0 Å². The van der Waals surface area contributed by atoms with Crippen molar-refractivity contribution in [3.63, 3.8) is 0 Å². The monoisotopic (exact) mass is 426 g/mol. The van der Waals surface area contributed by atoms with Crippen LogP contribution in [0.5, 0.6) is 0 Å². The van der Waals surface area contributed by atoms with Crippen molar-refractivity contribution < 1.29 is 42.5 Å². The van der Waals surface area contributed by atoms with Crippen molar-refractivity contribution in [2.24, 2.45) is 0 Å². The molecular formula is C10H16N6O9P2. The van der Waals surface area contributed by atoms with Gasteiger partial charge in [-0.3, -0.25) is 14.5 Å². The van der Waals surface area contributed by atoms with Crippen LogP contribution >= 0.6 is 15.6 Å². The van der Waals surface area contributed by atoms with Gasteiger partial charge < -0.3 is 30.4 Å². The lowest BCUT2D eigenvalue weighted by Crippen LogP contribution is -2.24. The third-order valence-corrected chi connectivity index (χ3v) is 5.77. The highest BCUT2D eigenvalue weighted by atomic mass is 31.3. The van der Waals surface area contributed by atoms with Crippen LogP contribution in [0.3, 0.4) is 0 Å². The minimum atomic E-state index is -5.23. The molecule has 1 fully saturated rings. The number of phosphoric ester groups is 1. The van der Waals surface area contributed by atoms with Gasteiger partial charge in [-0.05, 0) is 0 Å². The van der Waals surface area contributed by atoms with E-state index in [0.29, 0.717) is 0 Å². The predicted molar refractivity (Wildman–Crippen MR) is 85.0 cm³/mol. The Morgan fingerprint density at radius 3 is 2.70 bits per heavy atom. The summed E-state index contributed by atoms with van der Waals surface area (Å²) in [4.78, 5) is 34.1. The van der Waals surface area contributed by atoms with Crippen molar-refractivity contribution in [3.8, 4) is 0 Å². The maximum Gasteiger partial charge on any atom is 0.481 e. The number of aliphatic hydroxyl groups excluding tert-OH is 1. The summed E-state index contributed by atoms with van der Waals surface area (Å²) in [6, 6.07) is 0. The quantitative estimate of drug-likeness (QED) is 0.224. The Bertz CT molecular complexity index is 1000. The lowest BCUT2D eigenvalue weighted by molar-refractivity contribution is -0.0482. The zero-order valence-corrected chi connectivity index (χ0v) is 15.2. The van der Waals surface area contributed by atoms with E-state index < -0.39 is 40.7 Å². The lowest BCUT2D eigenvalue weighted by atomic mass is 10.2. The molecule has 0 aliphatic carbocycles. The molecule has 1 saturated heterocycles. The first-order valence-electron chi connectivity index (χ1n) is 7.28. The number of nitrogens with two attached hydrogens (primary N) is 1. The minimum absolute atomic E-state index is 0.0242. The highest BCUT2D eigenvalue weighted by Crippen LogP contribution is 2.57. The summed E-state index contributed by atoms with van der Waals surface area (Å²) in [6.45, 7) is -0.582. The summed E-state index contributed by atoms with van der Waals surface area (Å²) in [7, 11) is -10.3. The van der Waals surface area contributed by atoms with Gasteiger partial charge in [0, 0.05) is 6.42 Å². The van der Waals surface area contributed by atoms with Crippen molar-refractivity contribution in [1.29, 1.82) is 5.41 Å². The molecule has 4 atom stereocenters. The van der Waals surface area contributed by atoms with Crippen LogP contribution in [-0.2, 0) is 22.7 Å². The molecule has 1 unspecified atom stereocenters. The summed E-state index contributed by atoms with van der Waals surface area (Å²) in [6.07, 6.45) is -0.527. The van der Waals surface area contributed by atoms with Crippen molar-refractivity contribution in [3.05, 3.63) is 18.1 Å². The van der Waals surface area contributed by atoms with E-state index in [-0.39, 0.29) is 23.1 Å². The van der Waals surface area contributed by atoms with E-state index in [4.69, 9.17) is 25.8 Å². The van der Waals surface area contributed by atoms with Crippen molar-refractivity contribution in [2.75, 3.05) is 12.4 Å². The first-order valence-corrected chi connectivity index (χ1v) is 10.3.